The lowest BCUT2D eigenvalue weighted by molar-refractivity contribution is 0.701. The van der Waals surface area contributed by atoms with Crippen LogP contribution in [0.25, 0.3) is 0 Å². The summed E-state index contributed by atoms with van der Waals surface area (Å²) in [4.78, 5) is 21.2. The average molecular weight is 357 g/mol. The van der Waals surface area contributed by atoms with Crippen LogP contribution in [0.5, 0.6) is 0 Å². The fourth-order valence-electron chi connectivity index (χ4n) is 2.09. The Labute approximate surface area is 158 Å². The molecule has 0 aromatic rings. The summed E-state index contributed by atoms with van der Waals surface area (Å²) in [6, 6.07) is -0.502. The number of rotatable bonds is 15. The van der Waals surface area contributed by atoms with E-state index in [1.54, 1.807) is 0 Å². The maximum absolute atomic E-state index is 10.7. The lowest BCUT2D eigenvalue weighted by Crippen LogP contribution is -1.96. The SMILES string of the molecule is CC/C=C\C[C@H](/C=C/C=C\C/C=C\C/C=C\C=C\[C@H](CCC)N=O)N=O. The molecule has 0 bridgehead atoms. The number of nitroso groups, excluding NO2 is 2. The van der Waals surface area contributed by atoms with E-state index in [0.29, 0.717) is 6.42 Å². The molecule has 0 spiro atoms. The van der Waals surface area contributed by atoms with Crippen molar-refractivity contribution >= 4 is 0 Å². The Morgan fingerprint density at radius 3 is 1.77 bits per heavy atom. The van der Waals surface area contributed by atoms with Gasteiger partial charge in [-0.2, -0.15) is 9.81 Å². The highest BCUT2D eigenvalue weighted by molar-refractivity contribution is 5.10. The molecule has 26 heavy (non-hydrogen) atoms. The quantitative estimate of drug-likeness (QED) is 0.181. The molecular weight excluding hydrogens is 324 g/mol. The maximum atomic E-state index is 10.7. The lowest BCUT2D eigenvalue weighted by Gasteiger charge is -1.97. The molecule has 0 N–H and O–H groups in total. The van der Waals surface area contributed by atoms with E-state index in [1.165, 1.54) is 0 Å². The highest BCUT2D eigenvalue weighted by atomic mass is 16.3. The first-order chi connectivity index (χ1) is 12.8. The molecule has 4 heteroatoms. The third kappa shape index (κ3) is 15.2. The highest BCUT2D eigenvalue weighted by Gasteiger charge is 1.99. The Bertz CT molecular complexity index is 528. The van der Waals surface area contributed by atoms with E-state index >= 15 is 0 Å². The molecule has 0 amide bonds. The van der Waals surface area contributed by atoms with Gasteiger partial charge in [0.2, 0.25) is 0 Å². The second-order valence-electron chi connectivity index (χ2n) is 5.82. The minimum Gasteiger partial charge on any atom is -0.150 e. The zero-order chi connectivity index (χ0) is 19.3. The third-order valence-corrected chi connectivity index (χ3v) is 3.51. The molecule has 0 aromatic heterocycles. The molecule has 0 unspecified atom stereocenters. The minimum atomic E-state index is -0.289. The second kappa shape index (κ2) is 19.0. The summed E-state index contributed by atoms with van der Waals surface area (Å²) in [5.41, 5.74) is 0. The zero-order valence-corrected chi connectivity index (χ0v) is 16.0. The van der Waals surface area contributed by atoms with Gasteiger partial charge < -0.3 is 0 Å². The van der Waals surface area contributed by atoms with Crippen molar-refractivity contribution in [3.05, 3.63) is 82.7 Å². The first-order valence-corrected chi connectivity index (χ1v) is 9.40. The smallest absolute Gasteiger partial charge is 0.114 e. The Kier molecular flexibility index (Phi) is 17.2. The van der Waals surface area contributed by atoms with Crippen molar-refractivity contribution in [3.8, 4) is 0 Å². The van der Waals surface area contributed by atoms with Gasteiger partial charge in [0.25, 0.3) is 0 Å². The summed E-state index contributed by atoms with van der Waals surface area (Å²) in [6.45, 7) is 4.10. The van der Waals surface area contributed by atoms with Crippen LogP contribution in [0.4, 0.5) is 0 Å². The largest absolute Gasteiger partial charge is 0.150 e. The molecule has 0 aliphatic carbocycles. The fraction of sp³-hybridized carbons (Fsp3) is 0.455. The number of nitrogens with zero attached hydrogens (tertiary/aromatic N) is 2. The molecule has 0 radical (unpaired) electrons. The summed E-state index contributed by atoms with van der Waals surface area (Å²) in [5.74, 6) is 0. The molecule has 0 heterocycles. The molecule has 0 rings (SSSR count). The van der Waals surface area contributed by atoms with Crippen molar-refractivity contribution in [1.82, 2.24) is 0 Å². The van der Waals surface area contributed by atoms with Gasteiger partial charge in [-0.25, -0.2) is 0 Å². The van der Waals surface area contributed by atoms with Gasteiger partial charge in [0.15, 0.2) is 0 Å². The first-order valence-electron chi connectivity index (χ1n) is 9.40. The molecule has 0 aliphatic rings. The summed E-state index contributed by atoms with van der Waals surface area (Å²) in [6.07, 6.45) is 28.7. The van der Waals surface area contributed by atoms with Gasteiger partial charge >= 0.3 is 0 Å². The van der Waals surface area contributed by atoms with Crippen LogP contribution in [0.1, 0.15) is 52.4 Å². The van der Waals surface area contributed by atoms with E-state index in [4.69, 9.17) is 0 Å². The van der Waals surface area contributed by atoms with Gasteiger partial charge in [0.1, 0.15) is 12.1 Å². The van der Waals surface area contributed by atoms with Crippen LogP contribution in [0.3, 0.4) is 0 Å². The van der Waals surface area contributed by atoms with Crippen molar-refractivity contribution in [3.63, 3.8) is 0 Å². The normalized spacial score (nSPS) is 15.3. The molecule has 0 saturated carbocycles. The predicted molar refractivity (Wildman–Crippen MR) is 113 cm³/mol. The van der Waals surface area contributed by atoms with E-state index in [-0.39, 0.29) is 12.1 Å². The van der Waals surface area contributed by atoms with Gasteiger partial charge in [-0.05, 0) is 32.1 Å². The van der Waals surface area contributed by atoms with Crippen LogP contribution in [0.2, 0.25) is 0 Å². The van der Waals surface area contributed by atoms with Crippen LogP contribution < -0.4 is 0 Å². The van der Waals surface area contributed by atoms with Crippen LogP contribution in [-0.4, -0.2) is 12.1 Å². The molecule has 2 atom stereocenters. The van der Waals surface area contributed by atoms with E-state index in [1.807, 2.05) is 67.7 Å². The third-order valence-electron chi connectivity index (χ3n) is 3.51. The molecule has 0 fully saturated rings. The first kappa shape index (κ1) is 23.6. The Morgan fingerprint density at radius 1 is 0.692 bits per heavy atom. The Morgan fingerprint density at radius 2 is 1.27 bits per heavy atom. The predicted octanol–water partition coefficient (Wildman–Crippen LogP) is 6.97. The monoisotopic (exact) mass is 356 g/mol. The van der Waals surface area contributed by atoms with Crippen molar-refractivity contribution in [1.29, 1.82) is 0 Å². The molecule has 0 aliphatic heterocycles. The summed E-state index contributed by atoms with van der Waals surface area (Å²) in [5, 5.41) is 6.17. The van der Waals surface area contributed by atoms with Crippen LogP contribution in [0.15, 0.2) is 83.3 Å². The van der Waals surface area contributed by atoms with Crippen LogP contribution in [0, 0.1) is 9.81 Å². The molecule has 4 nitrogen and oxygen atoms in total. The molecule has 142 valence electrons. The molecule has 0 aromatic carbocycles. The van der Waals surface area contributed by atoms with E-state index in [0.717, 1.165) is 32.1 Å². The van der Waals surface area contributed by atoms with Gasteiger partial charge in [-0.3, -0.25) is 0 Å². The summed E-state index contributed by atoms with van der Waals surface area (Å²) < 4.78 is 0. The van der Waals surface area contributed by atoms with Crippen LogP contribution >= 0.6 is 0 Å². The van der Waals surface area contributed by atoms with Crippen molar-refractivity contribution < 1.29 is 0 Å². The van der Waals surface area contributed by atoms with Gasteiger partial charge in [0.05, 0.1) is 0 Å². The topological polar surface area (TPSA) is 58.9 Å². The Balaban J connectivity index is 3.96. The zero-order valence-electron chi connectivity index (χ0n) is 16.0. The van der Waals surface area contributed by atoms with E-state index < -0.39 is 0 Å². The van der Waals surface area contributed by atoms with Crippen molar-refractivity contribution in [2.24, 2.45) is 10.4 Å². The number of hydrogen-bond donors (Lipinski definition) is 0. The second-order valence-corrected chi connectivity index (χ2v) is 5.82. The number of hydrogen-bond acceptors (Lipinski definition) is 4. The van der Waals surface area contributed by atoms with E-state index in [9.17, 15) is 9.81 Å². The lowest BCUT2D eigenvalue weighted by atomic mass is 10.1. The minimum absolute atomic E-state index is 0.213. The van der Waals surface area contributed by atoms with Crippen molar-refractivity contribution in [2.45, 2.75) is 64.5 Å². The highest BCUT2D eigenvalue weighted by Crippen LogP contribution is 2.03. The van der Waals surface area contributed by atoms with Gasteiger partial charge in [-0.15, -0.1) is 0 Å². The van der Waals surface area contributed by atoms with Crippen molar-refractivity contribution in [2.75, 3.05) is 0 Å². The van der Waals surface area contributed by atoms with Gasteiger partial charge in [-0.1, -0.05) is 104 Å². The Hall–Kier alpha value is -2.36. The maximum Gasteiger partial charge on any atom is 0.114 e. The number of allylic oxidation sites excluding steroid dienone is 9. The van der Waals surface area contributed by atoms with Crippen LogP contribution in [-0.2, 0) is 0 Å². The fourth-order valence-corrected chi connectivity index (χ4v) is 2.09. The average Bonchev–Trinajstić information content (AvgIpc) is 2.66. The summed E-state index contributed by atoms with van der Waals surface area (Å²) >= 11 is 0. The molecular formula is C22H32N2O2. The molecule has 0 saturated heterocycles. The van der Waals surface area contributed by atoms with Gasteiger partial charge in [0, 0.05) is 0 Å². The summed E-state index contributed by atoms with van der Waals surface area (Å²) in [7, 11) is 0. The van der Waals surface area contributed by atoms with E-state index in [2.05, 4.69) is 29.4 Å². The standard InChI is InChI=1S/C22H32N2O2/c1-3-5-14-18-22(24-26)20-16-13-11-9-7-6-8-10-12-15-19-21(23-25)17-4-2/h5-7,10-16,19-22H,3-4,8-9,17-18H2,1-2H3/b7-6-,12-10-,13-11-,14-5-,19-15+,20-16+/t21-,22+/m0/s1.